The van der Waals surface area contributed by atoms with Crippen LogP contribution in [-0.2, 0) is 30.7 Å². The van der Waals surface area contributed by atoms with Crippen LogP contribution in [0.1, 0.15) is 72.8 Å². The SMILES string of the molecule is CCCCCOC(=O)n1nc([AsH]C(=O)c2ccc(N3CCN(C)CC3)cc2)c2c1CN(C(=O)Nc1c(CC)cccc1CC)C2. The number of benzene rings is 2. The van der Waals surface area contributed by atoms with Crippen molar-refractivity contribution >= 4 is 48.3 Å². The number of carbonyl (C=O) groups is 3. The van der Waals surface area contributed by atoms with Gasteiger partial charge in [0.1, 0.15) is 0 Å². The van der Waals surface area contributed by atoms with E-state index in [1.165, 1.54) is 4.68 Å². The molecule has 2 aliphatic heterocycles. The van der Waals surface area contributed by atoms with E-state index in [0.29, 0.717) is 22.3 Å². The number of urea groups is 1. The van der Waals surface area contributed by atoms with Crippen LogP contribution in [0.3, 0.4) is 0 Å². The molecule has 2 aromatic carbocycles. The number of anilines is 2. The first-order chi connectivity index (χ1) is 21.8. The number of likely N-dealkylation sites (N-methyl/N-ethyl adjacent to an activating group) is 1. The van der Waals surface area contributed by atoms with Gasteiger partial charge in [-0.25, -0.2) is 0 Å². The van der Waals surface area contributed by atoms with E-state index in [4.69, 9.17) is 4.74 Å². The number of hydrogen-bond acceptors (Lipinski definition) is 7. The maximum atomic E-state index is 13.6. The van der Waals surface area contributed by atoms with Crippen LogP contribution >= 0.6 is 0 Å². The first-order valence-corrected chi connectivity index (χ1v) is 18.2. The summed E-state index contributed by atoms with van der Waals surface area (Å²) < 4.78 is 7.50. The van der Waals surface area contributed by atoms with Crippen LogP contribution in [0.5, 0.6) is 0 Å². The van der Waals surface area contributed by atoms with Gasteiger partial charge in [-0.3, -0.25) is 0 Å². The Morgan fingerprint density at radius 2 is 1.60 bits per heavy atom. The molecule has 240 valence electrons. The Hall–Kier alpha value is -3.62. The molecular weight excluding hydrogens is 631 g/mol. The number of nitrogens with one attached hydrogen (secondary N) is 1. The number of aromatic nitrogens is 2. The Morgan fingerprint density at radius 3 is 2.24 bits per heavy atom. The van der Waals surface area contributed by atoms with Gasteiger partial charge in [-0.15, -0.1) is 0 Å². The summed E-state index contributed by atoms with van der Waals surface area (Å²) in [7, 11) is 2.13. The minimum absolute atomic E-state index is 0.0380. The summed E-state index contributed by atoms with van der Waals surface area (Å²) >= 11 is -1.41. The number of fused-ring (bicyclic) bond motifs is 1. The first kappa shape index (κ1) is 32.8. The summed E-state index contributed by atoms with van der Waals surface area (Å²) in [6, 6.07) is 13.7. The van der Waals surface area contributed by atoms with Gasteiger partial charge >= 0.3 is 273 Å². The average molecular weight is 677 g/mol. The molecule has 0 spiro atoms. The second-order valence-electron chi connectivity index (χ2n) is 11.7. The number of piperazine rings is 1. The summed E-state index contributed by atoms with van der Waals surface area (Å²) in [5.41, 5.74) is 6.20. The van der Waals surface area contributed by atoms with Crippen LogP contribution in [0.25, 0.3) is 0 Å². The van der Waals surface area contributed by atoms with Crippen molar-refractivity contribution in [3.63, 3.8) is 0 Å². The van der Waals surface area contributed by atoms with Gasteiger partial charge in [0.05, 0.1) is 0 Å². The van der Waals surface area contributed by atoms with Gasteiger partial charge in [-0.1, -0.05) is 0 Å². The number of hydrogen-bond donors (Lipinski definition) is 1. The van der Waals surface area contributed by atoms with Crippen LogP contribution < -0.4 is 14.7 Å². The van der Waals surface area contributed by atoms with Crippen LogP contribution in [0.15, 0.2) is 42.5 Å². The maximum absolute atomic E-state index is 13.6. The number of nitrogens with zero attached hydrogens (tertiary/aromatic N) is 5. The van der Waals surface area contributed by atoms with Crippen molar-refractivity contribution in [2.24, 2.45) is 0 Å². The third-order valence-electron chi connectivity index (χ3n) is 8.67. The predicted molar refractivity (Wildman–Crippen MR) is 179 cm³/mol. The molecule has 0 saturated carbocycles. The van der Waals surface area contributed by atoms with Crippen molar-refractivity contribution in [1.82, 2.24) is 19.6 Å². The van der Waals surface area contributed by atoms with Gasteiger partial charge in [0.2, 0.25) is 0 Å². The van der Waals surface area contributed by atoms with E-state index < -0.39 is 21.8 Å². The van der Waals surface area contributed by atoms with Crippen molar-refractivity contribution in [3.8, 4) is 0 Å². The molecule has 1 unspecified atom stereocenters. The summed E-state index contributed by atoms with van der Waals surface area (Å²) in [5.74, 6) is 0. The van der Waals surface area contributed by atoms with Gasteiger partial charge in [-0.05, 0) is 0 Å². The number of carbonyl (C=O) groups excluding carboxylic acids is 3. The Bertz CT molecular complexity index is 1490. The molecule has 1 fully saturated rings. The molecule has 0 radical (unpaired) electrons. The molecule has 0 aliphatic carbocycles. The predicted octanol–water partition coefficient (Wildman–Crippen LogP) is 4.38. The molecule has 11 heteroatoms. The molecule has 1 N–H and O–H groups in total. The van der Waals surface area contributed by atoms with Crippen molar-refractivity contribution in [2.45, 2.75) is 66.0 Å². The Balaban J connectivity index is 1.34. The Labute approximate surface area is 272 Å². The van der Waals surface area contributed by atoms with Gasteiger partial charge in [-0.2, -0.15) is 0 Å². The minimum atomic E-state index is -1.41. The number of amides is 2. The zero-order chi connectivity index (χ0) is 31.9. The number of ether oxygens (including phenoxy) is 1. The molecule has 2 aliphatic rings. The fourth-order valence-corrected chi connectivity index (χ4v) is 8.07. The van der Waals surface area contributed by atoms with Crippen molar-refractivity contribution < 1.29 is 19.1 Å². The molecule has 5 rings (SSSR count). The van der Waals surface area contributed by atoms with Crippen LogP contribution in [0, 0.1) is 0 Å². The van der Waals surface area contributed by atoms with E-state index >= 15 is 0 Å². The molecular formula is C34H45AsN6O4. The van der Waals surface area contributed by atoms with Gasteiger partial charge in [0.25, 0.3) is 0 Å². The Morgan fingerprint density at radius 1 is 0.911 bits per heavy atom. The van der Waals surface area contributed by atoms with Crippen molar-refractivity contribution in [3.05, 3.63) is 70.4 Å². The number of unbranched alkanes of at least 4 members (excludes halogenated alkanes) is 2. The normalized spacial score (nSPS) is 15.1. The standard InChI is InChI=1S/C34H45AsN6O4/c1-5-8-9-21-45-34(44)41-29-23-40(33(43)36-30-24(6-2)11-10-12-25(30)7-3)22-28(29)31(37-41)35-32(42)26-13-15-27(16-14-26)39-19-17-38(4)18-20-39/h10-16,35H,5-9,17-23H2,1-4H3,(H,36,43). The molecule has 3 heterocycles. The van der Waals surface area contributed by atoms with E-state index in [9.17, 15) is 14.4 Å². The van der Waals surface area contributed by atoms with E-state index in [1.807, 2.05) is 42.5 Å². The van der Waals surface area contributed by atoms with Gasteiger partial charge in [0, 0.05) is 0 Å². The van der Waals surface area contributed by atoms with Gasteiger partial charge in [0.15, 0.2) is 0 Å². The molecule has 1 atom stereocenters. The summed E-state index contributed by atoms with van der Waals surface area (Å²) in [5, 5.41) is 7.78. The van der Waals surface area contributed by atoms with Crippen LogP contribution in [0.4, 0.5) is 21.0 Å². The molecule has 10 nitrogen and oxygen atoms in total. The zero-order valence-electron chi connectivity index (χ0n) is 26.9. The van der Waals surface area contributed by atoms with Crippen molar-refractivity contribution in [1.29, 1.82) is 0 Å². The topological polar surface area (TPSA) is 100 Å². The number of para-hydroxylation sites is 1. The van der Waals surface area contributed by atoms with Crippen LogP contribution in [0.2, 0.25) is 0 Å². The number of aryl methyl sites for hydroxylation is 2. The van der Waals surface area contributed by atoms with Crippen LogP contribution in [-0.4, -0.2) is 91.9 Å². The first-order valence-electron chi connectivity index (χ1n) is 16.1. The second-order valence-corrected chi connectivity index (χ2v) is 14.2. The third-order valence-corrected chi connectivity index (χ3v) is 11.1. The van der Waals surface area contributed by atoms with E-state index in [-0.39, 0.29) is 23.7 Å². The monoisotopic (exact) mass is 676 g/mol. The average Bonchev–Trinajstić information content (AvgIpc) is 3.64. The molecule has 0 bridgehead atoms. The van der Waals surface area contributed by atoms with Crippen molar-refractivity contribution in [2.75, 3.05) is 50.1 Å². The van der Waals surface area contributed by atoms with E-state index in [2.05, 4.69) is 48.0 Å². The second kappa shape index (κ2) is 15.1. The molecule has 2 amide bonds. The molecule has 45 heavy (non-hydrogen) atoms. The fourth-order valence-electron chi connectivity index (χ4n) is 5.87. The van der Waals surface area contributed by atoms with Gasteiger partial charge < -0.3 is 0 Å². The summed E-state index contributed by atoms with van der Waals surface area (Å²) in [6.07, 6.45) is 3.81. The summed E-state index contributed by atoms with van der Waals surface area (Å²) in [6.45, 7) is 11.0. The number of rotatable bonds is 11. The quantitative estimate of drug-likeness (QED) is 0.238. The zero-order valence-corrected chi connectivity index (χ0v) is 29.0. The van der Waals surface area contributed by atoms with E-state index in [1.54, 1.807) is 4.90 Å². The third kappa shape index (κ3) is 7.61. The molecule has 1 saturated heterocycles. The molecule has 1 aromatic heterocycles. The van der Waals surface area contributed by atoms with E-state index in [0.717, 1.165) is 86.3 Å². The molecule has 3 aromatic rings. The Kier molecular flexibility index (Phi) is 11.0. The summed E-state index contributed by atoms with van der Waals surface area (Å²) in [4.78, 5) is 46.6. The fraction of sp³-hybridized carbons (Fsp3) is 0.471.